The number of hydrogen-bond donors (Lipinski definition) is 1. The van der Waals surface area contributed by atoms with E-state index in [0.717, 1.165) is 17.3 Å². The van der Waals surface area contributed by atoms with Crippen LogP contribution in [0.1, 0.15) is 57.5 Å². The van der Waals surface area contributed by atoms with Gasteiger partial charge in [0.1, 0.15) is 17.8 Å². The largest absolute Gasteiger partial charge is 0.394 e. The number of alkyl halides is 1. The summed E-state index contributed by atoms with van der Waals surface area (Å²) in [5.41, 5.74) is 0.970. The molecule has 1 aromatic rings. The van der Waals surface area contributed by atoms with E-state index in [4.69, 9.17) is 0 Å². The molecule has 1 fully saturated rings. The fraction of sp³-hybridized carbons (Fsp3) is 0.733. The number of aliphatic hydroxyl groups is 1. The number of aromatic nitrogens is 2. The lowest BCUT2D eigenvalue weighted by atomic mass is 10.1. The Bertz CT molecular complexity index is 438. The molecule has 1 saturated heterocycles. The third-order valence-corrected chi connectivity index (χ3v) is 3.73. The van der Waals surface area contributed by atoms with Gasteiger partial charge in [0.05, 0.1) is 19.2 Å². The lowest BCUT2D eigenvalue weighted by Gasteiger charge is -2.25. The lowest BCUT2D eigenvalue weighted by Crippen LogP contribution is -2.33. The van der Waals surface area contributed by atoms with E-state index in [0.29, 0.717) is 18.9 Å². The van der Waals surface area contributed by atoms with Gasteiger partial charge in [-0.25, -0.2) is 14.4 Å². The van der Waals surface area contributed by atoms with Crippen LogP contribution in [0.15, 0.2) is 6.07 Å². The molecule has 0 unspecified atom stereocenters. The number of rotatable bonds is 4. The molecule has 4 nitrogen and oxygen atoms in total. The average Bonchev–Trinajstić information content (AvgIpc) is 2.79. The molecule has 0 saturated carbocycles. The highest BCUT2D eigenvalue weighted by Crippen LogP contribution is 2.28. The van der Waals surface area contributed by atoms with E-state index in [9.17, 15) is 9.50 Å². The number of anilines is 1. The molecule has 2 atom stereocenters. The summed E-state index contributed by atoms with van der Waals surface area (Å²) >= 11 is 0. The smallest absolute Gasteiger partial charge is 0.133 e. The van der Waals surface area contributed by atoms with Gasteiger partial charge in [-0.05, 0) is 5.92 Å². The molecule has 5 heteroatoms. The third kappa shape index (κ3) is 3.08. The summed E-state index contributed by atoms with van der Waals surface area (Å²) in [6, 6.07) is 1.75. The van der Waals surface area contributed by atoms with E-state index >= 15 is 0 Å². The summed E-state index contributed by atoms with van der Waals surface area (Å²) in [6.45, 7) is 8.53. The van der Waals surface area contributed by atoms with E-state index in [1.807, 2.05) is 11.0 Å². The van der Waals surface area contributed by atoms with Gasteiger partial charge in [-0.15, -0.1) is 0 Å². The Morgan fingerprint density at radius 2 is 2.00 bits per heavy atom. The number of hydrogen-bond acceptors (Lipinski definition) is 4. The summed E-state index contributed by atoms with van der Waals surface area (Å²) in [5.74, 6) is 2.05. The molecule has 0 amide bonds. The fourth-order valence-corrected chi connectivity index (χ4v) is 2.49. The van der Waals surface area contributed by atoms with Crippen molar-refractivity contribution >= 4 is 5.82 Å². The van der Waals surface area contributed by atoms with Gasteiger partial charge in [0.25, 0.3) is 0 Å². The summed E-state index contributed by atoms with van der Waals surface area (Å²) in [7, 11) is 0. The summed E-state index contributed by atoms with van der Waals surface area (Å²) in [5, 5.41) is 9.42. The van der Waals surface area contributed by atoms with Gasteiger partial charge in [-0.1, -0.05) is 27.7 Å². The van der Waals surface area contributed by atoms with E-state index in [1.54, 1.807) is 0 Å². The fourth-order valence-electron chi connectivity index (χ4n) is 2.49. The first-order valence-electron chi connectivity index (χ1n) is 7.32. The minimum atomic E-state index is -0.896. The van der Waals surface area contributed by atoms with Crippen LogP contribution in [0, 0.1) is 0 Å². The topological polar surface area (TPSA) is 49.2 Å². The van der Waals surface area contributed by atoms with Crippen molar-refractivity contribution in [1.29, 1.82) is 0 Å². The van der Waals surface area contributed by atoms with Crippen LogP contribution in [0.2, 0.25) is 0 Å². The SMILES string of the molecule is CC(C)c1cc(N2C[C@@H](F)C[C@H]2CO)nc(C(C)C)n1. The predicted molar refractivity (Wildman–Crippen MR) is 77.9 cm³/mol. The summed E-state index contributed by atoms with van der Waals surface area (Å²) in [4.78, 5) is 11.0. The van der Waals surface area contributed by atoms with Crippen molar-refractivity contribution < 1.29 is 9.50 Å². The van der Waals surface area contributed by atoms with Crippen LogP contribution in [-0.2, 0) is 0 Å². The molecule has 0 aliphatic carbocycles. The van der Waals surface area contributed by atoms with Gasteiger partial charge < -0.3 is 10.0 Å². The molecule has 1 aliphatic heterocycles. The molecule has 1 aliphatic rings. The zero-order valence-electron chi connectivity index (χ0n) is 12.7. The minimum absolute atomic E-state index is 0.0432. The van der Waals surface area contributed by atoms with Crippen molar-refractivity contribution in [1.82, 2.24) is 9.97 Å². The van der Waals surface area contributed by atoms with Crippen molar-refractivity contribution in [2.45, 2.75) is 58.2 Å². The molecule has 1 N–H and O–H groups in total. The second kappa shape index (κ2) is 6.04. The highest BCUT2D eigenvalue weighted by Gasteiger charge is 2.33. The molecule has 1 aromatic heterocycles. The average molecular weight is 281 g/mol. The zero-order valence-corrected chi connectivity index (χ0v) is 12.7. The van der Waals surface area contributed by atoms with Gasteiger partial charge in [-0.2, -0.15) is 0 Å². The first kappa shape index (κ1) is 15.2. The monoisotopic (exact) mass is 281 g/mol. The molecule has 2 heterocycles. The van der Waals surface area contributed by atoms with Crippen molar-refractivity contribution in [3.63, 3.8) is 0 Å². The van der Waals surface area contributed by atoms with Crippen LogP contribution in [0.3, 0.4) is 0 Å². The second-order valence-corrected chi connectivity index (χ2v) is 6.14. The van der Waals surface area contributed by atoms with Crippen molar-refractivity contribution in [2.24, 2.45) is 0 Å². The Hall–Kier alpha value is -1.23. The van der Waals surface area contributed by atoms with E-state index in [2.05, 4.69) is 37.7 Å². The Morgan fingerprint density at radius 1 is 1.30 bits per heavy atom. The maximum atomic E-state index is 13.6. The predicted octanol–water partition coefficient (Wildman–Crippen LogP) is 2.63. The third-order valence-electron chi connectivity index (χ3n) is 3.73. The second-order valence-electron chi connectivity index (χ2n) is 6.14. The minimum Gasteiger partial charge on any atom is -0.394 e. The molecule has 0 radical (unpaired) electrons. The van der Waals surface area contributed by atoms with Crippen LogP contribution in [0.4, 0.5) is 10.2 Å². The van der Waals surface area contributed by atoms with Crippen molar-refractivity contribution in [3.8, 4) is 0 Å². The molecule has 20 heavy (non-hydrogen) atoms. The van der Waals surface area contributed by atoms with E-state index in [-0.39, 0.29) is 18.6 Å². The van der Waals surface area contributed by atoms with Crippen LogP contribution in [0.5, 0.6) is 0 Å². The summed E-state index contributed by atoms with van der Waals surface area (Å²) in [6.07, 6.45) is -0.527. The Kier molecular flexibility index (Phi) is 4.58. The standard InChI is InChI=1S/C15H24FN3O/c1-9(2)13-6-14(18-15(17-13)10(3)4)19-7-11(16)5-12(19)8-20/h6,9-12,20H,5,7-8H2,1-4H3/t11-,12-/m0/s1. The number of halogens is 1. The van der Waals surface area contributed by atoms with Crippen molar-refractivity contribution in [2.75, 3.05) is 18.1 Å². The van der Waals surface area contributed by atoms with Crippen LogP contribution < -0.4 is 4.90 Å². The zero-order chi connectivity index (χ0) is 14.9. The highest BCUT2D eigenvalue weighted by molar-refractivity contribution is 5.44. The molecule has 0 aromatic carbocycles. The molecule has 0 spiro atoms. The molecule has 2 rings (SSSR count). The Balaban J connectivity index is 2.39. The number of aliphatic hydroxyl groups excluding tert-OH is 1. The Morgan fingerprint density at radius 3 is 2.55 bits per heavy atom. The van der Waals surface area contributed by atoms with E-state index < -0.39 is 6.17 Å². The normalized spacial score (nSPS) is 23.1. The van der Waals surface area contributed by atoms with Crippen molar-refractivity contribution in [3.05, 3.63) is 17.6 Å². The molecule has 112 valence electrons. The first-order valence-corrected chi connectivity index (χ1v) is 7.32. The first-order chi connectivity index (χ1) is 9.42. The van der Waals surface area contributed by atoms with Crippen LogP contribution >= 0.6 is 0 Å². The van der Waals surface area contributed by atoms with Gasteiger partial charge in [0.15, 0.2) is 0 Å². The van der Waals surface area contributed by atoms with E-state index in [1.165, 1.54) is 0 Å². The van der Waals surface area contributed by atoms with Crippen LogP contribution in [0.25, 0.3) is 0 Å². The molecular formula is C15H24FN3O. The maximum absolute atomic E-state index is 13.6. The number of nitrogens with zero attached hydrogens (tertiary/aromatic N) is 3. The Labute approximate surface area is 120 Å². The highest BCUT2D eigenvalue weighted by atomic mass is 19.1. The van der Waals surface area contributed by atoms with Gasteiger partial charge >= 0.3 is 0 Å². The quantitative estimate of drug-likeness (QED) is 0.921. The van der Waals surface area contributed by atoms with Gasteiger partial charge in [0.2, 0.25) is 0 Å². The molecule has 0 bridgehead atoms. The van der Waals surface area contributed by atoms with Gasteiger partial charge in [0, 0.05) is 24.1 Å². The maximum Gasteiger partial charge on any atom is 0.133 e. The van der Waals surface area contributed by atoms with Crippen LogP contribution in [-0.4, -0.2) is 40.4 Å². The van der Waals surface area contributed by atoms with Gasteiger partial charge in [-0.3, -0.25) is 0 Å². The molecular weight excluding hydrogens is 257 g/mol. The lowest BCUT2D eigenvalue weighted by molar-refractivity contribution is 0.255. The summed E-state index contributed by atoms with van der Waals surface area (Å²) < 4.78 is 13.6.